The van der Waals surface area contributed by atoms with Crippen molar-refractivity contribution in [2.45, 2.75) is 52.7 Å². The van der Waals surface area contributed by atoms with Crippen molar-refractivity contribution >= 4 is 0 Å². The maximum Gasteiger partial charge on any atom is 0.122 e. The van der Waals surface area contributed by atoms with Gasteiger partial charge in [-0.25, -0.2) is 0 Å². The van der Waals surface area contributed by atoms with E-state index in [4.69, 9.17) is 4.74 Å². The molecule has 0 aromatic carbocycles. The molecule has 1 aliphatic heterocycles. The van der Waals surface area contributed by atoms with E-state index in [9.17, 15) is 5.11 Å². The van der Waals surface area contributed by atoms with Crippen molar-refractivity contribution in [3.63, 3.8) is 0 Å². The average molecular weight is 184 g/mol. The number of aliphatic hydroxyl groups excluding tert-OH is 1. The van der Waals surface area contributed by atoms with Crippen LogP contribution in [-0.2, 0) is 4.74 Å². The Labute approximate surface area is 80.6 Å². The summed E-state index contributed by atoms with van der Waals surface area (Å²) in [5, 5.41) is 10.0. The highest BCUT2D eigenvalue weighted by Gasteiger charge is 2.32. The van der Waals surface area contributed by atoms with Crippen molar-refractivity contribution in [1.82, 2.24) is 0 Å². The fraction of sp³-hybridized carbons (Fsp3) is 0.818. The molecule has 0 radical (unpaired) electrons. The second-order valence-electron chi connectivity index (χ2n) is 4.52. The molecule has 2 nitrogen and oxygen atoms in total. The van der Waals surface area contributed by atoms with Crippen molar-refractivity contribution < 1.29 is 9.84 Å². The Morgan fingerprint density at radius 3 is 2.69 bits per heavy atom. The molecule has 0 saturated carbocycles. The van der Waals surface area contributed by atoms with Crippen LogP contribution in [0.3, 0.4) is 0 Å². The zero-order chi connectivity index (χ0) is 10.1. The Bertz CT molecular complexity index is 206. The van der Waals surface area contributed by atoms with Gasteiger partial charge in [0.2, 0.25) is 0 Å². The standard InChI is InChI=1S/C11H20O2/c1-5-11(3,4)10(12)9-7-6-8(2)13-9/h7-8,10,12H,5-6H2,1-4H3. The van der Waals surface area contributed by atoms with Gasteiger partial charge in [0, 0.05) is 6.42 Å². The monoisotopic (exact) mass is 184 g/mol. The van der Waals surface area contributed by atoms with Gasteiger partial charge in [0.15, 0.2) is 0 Å². The normalized spacial score (nSPS) is 25.3. The zero-order valence-electron chi connectivity index (χ0n) is 9.00. The Morgan fingerprint density at radius 1 is 1.69 bits per heavy atom. The Kier molecular flexibility index (Phi) is 3.01. The molecule has 0 saturated heterocycles. The summed E-state index contributed by atoms with van der Waals surface area (Å²) >= 11 is 0. The highest BCUT2D eigenvalue weighted by molar-refractivity contribution is 5.09. The van der Waals surface area contributed by atoms with Crippen molar-refractivity contribution in [3.05, 3.63) is 11.8 Å². The fourth-order valence-electron chi connectivity index (χ4n) is 1.37. The lowest BCUT2D eigenvalue weighted by molar-refractivity contribution is 0.0135. The first-order valence-electron chi connectivity index (χ1n) is 5.02. The average Bonchev–Trinajstić information content (AvgIpc) is 2.50. The molecule has 0 aromatic heterocycles. The molecular weight excluding hydrogens is 164 g/mol. The Balaban J connectivity index is 2.63. The van der Waals surface area contributed by atoms with E-state index in [1.54, 1.807) is 0 Å². The van der Waals surface area contributed by atoms with Crippen LogP contribution in [-0.4, -0.2) is 17.3 Å². The van der Waals surface area contributed by atoms with Gasteiger partial charge < -0.3 is 9.84 Å². The molecule has 2 heteroatoms. The van der Waals surface area contributed by atoms with Crippen LogP contribution in [0.15, 0.2) is 11.8 Å². The van der Waals surface area contributed by atoms with E-state index in [0.717, 1.165) is 18.6 Å². The van der Waals surface area contributed by atoms with Gasteiger partial charge in [-0.15, -0.1) is 0 Å². The summed E-state index contributed by atoms with van der Waals surface area (Å²) in [4.78, 5) is 0. The van der Waals surface area contributed by atoms with E-state index in [0.29, 0.717) is 0 Å². The van der Waals surface area contributed by atoms with Gasteiger partial charge in [-0.1, -0.05) is 20.8 Å². The third-order valence-electron chi connectivity index (χ3n) is 2.91. The molecule has 0 aliphatic carbocycles. The number of rotatable bonds is 3. The largest absolute Gasteiger partial charge is 0.492 e. The molecule has 2 unspecified atom stereocenters. The maximum atomic E-state index is 10.0. The topological polar surface area (TPSA) is 29.5 Å². The first-order chi connectivity index (χ1) is 5.97. The SMILES string of the molecule is CCC(C)(C)C(O)C1=CCC(C)O1. The summed E-state index contributed by atoms with van der Waals surface area (Å²) < 4.78 is 5.52. The minimum atomic E-state index is -0.456. The number of hydrogen-bond acceptors (Lipinski definition) is 2. The number of ether oxygens (including phenoxy) is 1. The summed E-state index contributed by atoms with van der Waals surface area (Å²) in [5.41, 5.74) is -0.0874. The molecule has 2 atom stereocenters. The molecule has 1 rings (SSSR count). The molecule has 0 amide bonds. The zero-order valence-corrected chi connectivity index (χ0v) is 9.00. The van der Waals surface area contributed by atoms with Crippen LogP contribution >= 0.6 is 0 Å². The van der Waals surface area contributed by atoms with E-state index in [-0.39, 0.29) is 11.5 Å². The second-order valence-corrected chi connectivity index (χ2v) is 4.52. The third kappa shape index (κ3) is 2.25. The molecule has 0 spiro atoms. The summed E-state index contributed by atoms with van der Waals surface area (Å²) in [5.74, 6) is 0.763. The summed E-state index contributed by atoms with van der Waals surface area (Å²) in [6.07, 6.45) is 3.65. The molecule has 0 aromatic rings. The van der Waals surface area contributed by atoms with E-state index < -0.39 is 6.10 Å². The lowest BCUT2D eigenvalue weighted by Gasteiger charge is -2.29. The first-order valence-corrected chi connectivity index (χ1v) is 5.02. The summed E-state index contributed by atoms with van der Waals surface area (Å²) in [6, 6.07) is 0. The number of hydrogen-bond donors (Lipinski definition) is 1. The van der Waals surface area contributed by atoms with Gasteiger partial charge in [0.05, 0.1) is 6.10 Å². The van der Waals surface area contributed by atoms with Crippen LogP contribution < -0.4 is 0 Å². The smallest absolute Gasteiger partial charge is 0.122 e. The molecule has 0 bridgehead atoms. The minimum Gasteiger partial charge on any atom is -0.492 e. The molecule has 76 valence electrons. The van der Waals surface area contributed by atoms with Crippen LogP contribution in [0.5, 0.6) is 0 Å². The van der Waals surface area contributed by atoms with Crippen LogP contribution in [0.1, 0.15) is 40.5 Å². The number of aliphatic hydroxyl groups is 1. The van der Waals surface area contributed by atoms with Crippen LogP contribution in [0.25, 0.3) is 0 Å². The van der Waals surface area contributed by atoms with Gasteiger partial charge in [-0.05, 0) is 24.8 Å². The molecule has 13 heavy (non-hydrogen) atoms. The quantitative estimate of drug-likeness (QED) is 0.730. The first kappa shape index (κ1) is 10.6. The van der Waals surface area contributed by atoms with Crippen LogP contribution in [0.2, 0.25) is 0 Å². The summed E-state index contributed by atoms with van der Waals surface area (Å²) in [6.45, 7) is 8.23. The van der Waals surface area contributed by atoms with Gasteiger partial charge >= 0.3 is 0 Å². The van der Waals surface area contributed by atoms with Crippen molar-refractivity contribution in [2.75, 3.05) is 0 Å². The Hall–Kier alpha value is -0.500. The van der Waals surface area contributed by atoms with Gasteiger partial charge in [0.1, 0.15) is 11.9 Å². The highest BCUT2D eigenvalue weighted by atomic mass is 16.5. The lowest BCUT2D eigenvalue weighted by atomic mass is 9.83. The van der Waals surface area contributed by atoms with Crippen molar-refractivity contribution in [2.24, 2.45) is 5.41 Å². The summed E-state index contributed by atoms with van der Waals surface area (Å²) in [7, 11) is 0. The lowest BCUT2D eigenvalue weighted by Crippen LogP contribution is -2.31. The van der Waals surface area contributed by atoms with Crippen molar-refractivity contribution in [3.8, 4) is 0 Å². The van der Waals surface area contributed by atoms with Crippen LogP contribution in [0.4, 0.5) is 0 Å². The molecule has 1 heterocycles. The maximum absolute atomic E-state index is 10.0. The van der Waals surface area contributed by atoms with E-state index >= 15 is 0 Å². The third-order valence-corrected chi connectivity index (χ3v) is 2.91. The van der Waals surface area contributed by atoms with E-state index in [2.05, 4.69) is 20.8 Å². The van der Waals surface area contributed by atoms with Gasteiger partial charge in [-0.3, -0.25) is 0 Å². The molecular formula is C11H20O2. The second kappa shape index (κ2) is 3.70. The van der Waals surface area contributed by atoms with Crippen LogP contribution in [0, 0.1) is 5.41 Å². The van der Waals surface area contributed by atoms with E-state index in [1.165, 1.54) is 0 Å². The fourth-order valence-corrected chi connectivity index (χ4v) is 1.37. The van der Waals surface area contributed by atoms with Gasteiger partial charge in [-0.2, -0.15) is 0 Å². The highest BCUT2D eigenvalue weighted by Crippen LogP contribution is 2.33. The van der Waals surface area contributed by atoms with Crippen molar-refractivity contribution in [1.29, 1.82) is 0 Å². The van der Waals surface area contributed by atoms with Gasteiger partial charge in [0.25, 0.3) is 0 Å². The molecule has 1 aliphatic rings. The van der Waals surface area contributed by atoms with E-state index in [1.807, 2.05) is 13.0 Å². The predicted octanol–water partition coefficient (Wildman–Crippen LogP) is 2.48. The molecule has 1 N–H and O–H groups in total. The minimum absolute atomic E-state index is 0.0874. The predicted molar refractivity (Wildman–Crippen MR) is 53.3 cm³/mol. The Morgan fingerprint density at radius 2 is 2.31 bits per heavy atom. The molecule has 0 fully saturated rings.